The molecule has 21 heavy (non-hydrogen) atoms. The first kappa shape index (κ1) is 16.2. The lowest BCUT2D eigenvalue weighted by atomic mass is 9.94. The van der Waals surface area contributed by atoms with E-state index in [0.29, 0.717) is 19.4 Å². The number of nitrogens with zero attached hydrogens (tertiary/aromatic N) is 1. The second-order valence-electron chi connectivity index (χ2n) is 6.61. The average molecular weight is 298 g/mol. The largest absolute Gasteiger partial charge is 0.481 e. The van der Waals surface area contributed by atoms with E-state index in [2.05, 4.69) is 24.1 Å². The molecule has 0 bridgehead atoms. The molecule has 2 rings (SSSR count). The van der Waals surface area contributed by atoms with Crippen molar-refractivity contribution in [3.05, 3.63) is 0 Å². The maximum Gasteiger partial charge on any atom is 0.307 e. The Hall–Kier alpha value is -1.14. The third-order valence-electron chi connectivity index (χ3n) is 4.73. The Bertz CT molecular complexity index is 391. The molecule has 0 spiro atoms. The Kier molecular flexibility index (Phi) is 5.22. The Morgan fingerprint density at radius 2 is 1.86 bits per heavy atom. The molecule has 0 aromatic carbocycles. The number of rotatable bonds is 5. The number of nitrogens with one attached hydrogen (secondary N) is 1. The van der Waals surface area contributed by atoms with Crippen molar-refractivity contribution in [1.82, 2.24) is 10.2 Å². The highest BCUT2D eigenvalue weighted by Crippen LogP contribution is 2.32. The van der Waals surface area contributed by atoms with Crippen LogP contribution in [0.3, 0.4) is 0 Å². The van der Waals surface area contributed by atoms with E-state index >= 15 is 0 Å². The lowest BCUT2D eigenvalue weighted by Crippen LogP contribution is -2.56. The van der Waals surface area contributed by atoms with Gasteiger partial charge in [-0.25, -0.2) is 0 Å². The molecule has 2 N–H and O–H groups in total. The Labute approximate surface area is 125 Å². The number of carboxylic acid groups (broad SMARTS) is 1. The van der Waals surface area contributed by atoms with Crippen molar-refractivity contribution in [2.45, 2.75) is 38.6 Å². The second-order valence-corrected chi connectivity index (χ2v) is 6.61. The molecule has 1 heterocycles. The number of morpholine rings is 1. The molecule has 120 valence electrons. The van der Waals surface area contributed by atoms with Crippen LogP contribution in [0.2, 0.25) is 0 Å². The van der Waals surface area contributed by atoms with E-state index in [1.54, 1.807) is 0 Å². The zero-order valence-corrected chi connectivity index (χ0v) is 12.9. The minimum atomic E-state index is -0.847. The minimum Gasteiger partial charge on any atom is -0.481 e. The summed E-state index contributed by atoms with van der Waals surface area (Å²) >= 11 is 0. The molecular weight excluding hydrogens is 272 g/mol. The molecule has 1 saturated heterocycles. The van der Waals surface area contributed by atoms with Gasteiger partial charge in [-0.05, 0) is 26.7 Å². The van der Waals surface area contributed by atoms with Crippen LogP contribution in [0.5, 0.6) is 0 Å². The smallest absolute Gasteiger partial charge is 0.307 e. The third-order valence-corrected chi connectivity index (χ3v) is 4.73. The van der Waals surface area contributed by atoms with Gasteiger partial charge in [0.2, 0.25) is 5.91 Å². The van der Waals surface area contributed by atoms with E-state index in [4.69, 9.17) is 9.84 Å². The van der Waals surface area contributed by atoms with E-state index in [1.165, 1.54) is 0 Å². The predicted octanol–water partition coefficient (Wildman–Crippen LogP) is 0.714. The highest BCUT2D eigenvalue weighted by molar-refractivity contribution is 5.85. The SMILES string of the molecule is CC(C)(CNC(=O)[C@@H]1CCC[C@@H]1C(=O)O)N1CCOCC1. The van der Waals surface area contributed by atoms with Gasteiger partial charge in [-0.1, -0.05) is 6.42 Å². The van der Waals surface area contributed by atoms with Crippen molar-refractivity contribution in [3.63, 3.8) is 0 Å². The Morgan fingerprint density at radius 1 is 1.24 bits per heavy atom. The Balaban J connectivity index is 1.86. The highest BCUT2D eigenvalue weighted by Gasteiger charge is 2.38. The molecule has 6 nitrogen and oxygen atoms in total. The van der Waals surface area contributed by atoms with Crippen molar-refractivity contribution >= 4 is 11.9 Å². The summed E-state index contributed by atoms with van der Waals surface area (Å²) in [4.78, 5) is 25.7. The van der Waals surface area contributed by atoms with Crippen LogP contribution in [0.1, 0.15) is 33.1 Å². The summed E-state index contributed by atoms with van der Waals surface area (Å²) in [6.45, 7) is 7.91. The van der Waals surface area contributed by atoms with Gasteiger partial charge in [0.15, 0.2) is 0 Å². The molecule has 2 fully saturated rings. The summed E-state index contributed by atoms with van der Waals surface area (Å²) in [6, 6.07) is 0. The van der Waals surface area contributed by atoms with Gasteiger partial charge in [-0.15, -0.1) is 0 Å². The van der Waals surface area contributed by atoms with Crippen molar-refractivity contribution < 1.29 is 19.4 Å². The van der Waals surface area contributed by atoms with E-state index < -0.39 is 11.9 Å². The topological polar surface area (TPSA) is 78.9 Å². The first-order valence-electron chi connectivity index (χ1n) is 7.75. The lowest BCUT2D eigenvalue weighted by Gasteiger charge is -2.41. The number of hydrogen-bond donors (Lipinski definition) is 2. The minimum absolute atomic E-state index is 0.110. The third kappa shape index (κ3) is 3.95. The fraction of sp³-hybridized carbons (Fsp3) is 0.867. The zero-order valence-electron chi connectivity index (χ0n) is 12.9. The standard InChI is InChI=1S/C15H26N2O4/c1-15(2,17-6-8-21-9-7-17)10-16-13(18)11-4-3-5-12(11)14(19)20/h11-12H,3-10H2,1-2H3,(H,16,18)(H,19,20)/t11-,12+/m1/s1. The predicted molar refractivity (Wildman–Crippen MR) is 77.9 cm³/mol. The van der Waals surface area contributed by atoms with Crippen molar-refractivity contribution in [2.24, 2.45) is 11.8 Å². The summed E-state index contributed by atoms with van der Waals surface area (Å²) in [6.07, 6.45) is 2.11. The maximum atomic E-state index is 12.3. The summed E-state index contributed by atoms with van der Waals surface area (Å²) < 4.78 is 5.35. The molecular formula is C15H26N2O4. The van der Waals surface area contributed by atoms with Gasteiger partial charge in [-0.2, -0.15) is 0 Å². The number of carboxylic acids is 1. The first-order chi connectivity index (χ1) is 9.92. The van der Waals surface area contributed by atoms with Crippen LogP contribution in [0.25, 0.3) is 0 Å². The zero-order chi connectivity index (χ0) is 15.5. The number of aliphatic carboxylic acids is 1. The maximum absolute atomic E-state index is 12.3. The van der Waals surface area contributed by atoms with Crippen molar-refractivity contribution in [3.8, 4) is 0 Å². The number of hydrogen-bond acceptors (Lipinski definition) is 4. The number of carbonyl (C=O) groups is 2. The van der Waals surface area contributed by atoms with Crippen molar-refractivity contribution in [2.75, 3.05) is 32.8 Å². The van der Waals surface area contributed by atoms with E-state index in [9.17, 15) is 9.59 Å². The van der Waals surface area contributed by atoms with Crippen LogP contribution in [-0.2, 0) is 14.3 Å². The van der Waals surface area contributed by atoms with Gasteiger partial charge in [0.1, 0.15) is 0 Å². The lowest BCUT2D eigenvalue weighted by molar-refractivity contribution is -0.146. The molecule has 1 amide bonds. The normalized spacial score (nSPS) is 27.5. The fourth-order valence-corrected chi connectivity index (χ4v) is 3.28. The van der Waals surface area contributed by atoms with Gasteiger partial charge in [0.05, 0.1) is 25.0 Å². The number of ether oxygens (including phenoxy) is 1. The number of carbonyl (C=O) groups excluding carboxylic acids is 1. The van der Waals surface area contributed by atoms with Gasteiger partial charge in [-0.3, -0.25) is 14.5 Å². The van der Waals surface area contributed by atoms with Crippen LogP contribution in [-0.4, -0.2) is 60.3 Å². The molecule has 0 unspecified atom stereocenters. The molecule has 1 aliphatic heterocycles. The van der Waals surface area contributed by atoms with Crippen LogP contribution in [0, 0.1) is 11.8 Å². The van der Waals surface area contributed by atoms with Gasteiger partial charge >= 0.3 is 5.97 Å². The monoisotopic (exact) mass is 298 g/mol. The molecule has 2 atom stereocenters. The van der Waals surface area contributed by atoms with Crippen LogP contribution in [0.15, 0.2) is 0 Å². The summed E-state index contributed by atoms with van der Waals surface area (Å²) in [5, 5.41) is 12.1. The van der Waals surface area contributed by atoms with E-state index in [1.807, 2.05) is 0 Å². The fourth-order valence-electron chi connectivity index (χ4n) is 3.28. The van der Waals surface area contributed by atoms with E-state index in [0.717, 1.165) is 32.7 Å². The molecule has 2 aliphatic rings. The molecule has 0 radical (unpaired) electrons. The summed E-state index contributed by atoms with van der Waals surface area (Å²) in [5.41, 5.74) is -0.142. The first-order valence-corrected chi connectivity index (χ1v) is 7.75. The van der Waals surface area contributed by atoms with E-state index in [-0.39, 0.29) is 17.4 Å². The molecule has 6 heteroatoms. The molecule has 1 saturated carbocycles. The van der Waals surface area contributed by atoms with Crippen LogP contribution < -0.4 is 5.32 Å². The number of amides is 1. The highest BCUT2D eigenvalue weighted by atomic mass is 16.5. The van der Waals surface area contributed by atoms with Crippen molar-refractivity contribution in [1.29, 1.82) is 0 Å². The Morgan fingerprint density at radius 3 is 2.48 bits per heavy atom. The summed E-state index contributed by atoms with van der Waals surface area (Å²) in [5.74, 6) is -1.85. The summed E-state index contributed by atoms with van der Waals surface area (Å²) in [7, 11) is 0. The van der Waals surface area contributed by atoms with Gasteiger partial charge in [0.25, 0.3) is 0 Å². The molecule has 0 aromatic rings. The van der Waals surface area contributed by atoms with Crippen LogP contribution >= 0.6 is 0 Å². The average Bonchev–Trinajstić information content (AvgIpc) is 2.95. The second kappa shape index (κ2) is 6.75. The molecule has 0 aromatic heterocycles. The van der Waals surface area contributed by atoms with Gasteiger partial charge < -0.3 is 15.2 Å². The van der Waals surface area contributed by atoms with Crippen LogP contribution in [0.4, 0.5) is 0 Å². The van der Waals surface area contributed by atoms with Gasteiger partial charge in [0, 0.05) is 25.2 Å². The quantitative estimate of drug-likeness (QED) is 0.781. The molecule has 1 aliphatic carbocycles.